The van der Waals surface area contributed by atoms with Gasteiger partial charge in [0.2, 0.25) is 0 Å². The van der Waals surface area contributed by atoms with Crippen molar-refractivity contribution in [3.8, 4) is 0 Å². The minimum Gasteiger partial charge on any atom is -0.352 e. The third kappa shape index (κ3) is 4.72. The maximum atomic E-state index is 13.0. The molecule has 0 aromatic heterocycles. The van der Waals surface area contributed by atoms with Crippen molar-refractivity contribution in [1.29, 1.82) is 0 Å². The summed E-state index contributed by atoms with van der Waals surface area (Å²) in [7, 11) is -3.64. The first-order valence-corrected chi connectivity index (χ1v) is 7.84. The highest BCUT2D eigenvalue weighted by molar-refractivity contribution is 7.91. The Morgan fingerprint density at radius 1 is 1.26 bits per heavy atom. The van der Waals surface area contributed by atoms with E-state index in [0.717, 1.165) is 12.1 Å². The Balaban J connectivity index is 2.92. The number of rotatable bonds is 7. The van der Waals surface area contributed by atoms with Gasteiger partial charge in [0.1, 0.15) is 11.6 Å². The average Bonchev–Trinajstić information content (AvgIpc) is 2.32. The van der Waals surface area contributed by atoms with E-state index in [2.05, 4.69) is 0 Å². The Hall–Kier alpha value is -0.690. The number of hydrogen-bond acceptors (Lipinski definition) is 4. The number of hydrogen-bond donors (Lipinski definition) is 0. The molecule has 0 N–H and O–H groups in total. The molecule has 0 aliphatic heterocycles. The number of sulfone groups is 1. The first-order chi connectivity index (χ1) is 8.90. The fourth-order valence-corrected chi connectivity index (χ4v) is 3.02. The van der Waals surface area contributed by atoms with Gasteiger partial charge < -0.3 is 9.47 Å². The standard InChI is InChI=1S/C12H16ClFO4S/c1-3-17-12(18-4-2)8-19(15,16)9-5-6-11(14)10(13)7-9/h5-7,12H,3-4,8H2,1-2H3. The highest BCUT2D eigenvalue weighted by atomic mass is 35.5. The molecule has 108 valence electrons. The van der Waals surface area contributed by atoms with Crippen LogP contribution in [-0.4, -0.2) is 33.7 Å². The Morgan fingerprint density at radius 2 is 1.84 bits per heavy atom. The zero-order valence-electron chi connectivity index (χ0n) is 10.7. The summed E-state index contributed by atoms with van der Waals surface area (Å²) in [5.74, 6) is -0.997. The van der Waals surface area contributed by atoms with Crippen molar-refractivity contribution in [3.05, 3.63) is 29.0 Å². The molecule has 0 spiro atoms. The summed E-state index contributed by atoms with van der Waals surface area (Å²) in [5, 5.41) is -0.231. The quantitative estimate of drug-likeness (QED) is 0.574. The second kappa shape index (κ2) is 7.19. The van der Waals surface area contributed by atoms with Gasteiger partial charge in [0.05, 0.1) is 9.92 Å². The molecule has 1 aromatic rings. The van der Waals surface area contributed by atoms with Crippen LogP contribution >= 0.6 is 11.6 Å². The summed E-state index contributed by atoms with van der Waals surface area (Å²) < 4.78 is 47.6. The van der Waals surface area contributed by atoms with Crippen molar-refractivity contribution in [1.82, 2.24) is 0 Å². The van der Waals surface area contributed by atoms with Gasteiger partial charge in [-0.05, 0) is 32.0 Å². The zero-order valence-corrected chi connectivity index (χ0v) is 12.3. The van der Waals surface area contributed by atoms with E-state index >= 15 is 0 Å². The normalized spacial score (nSPS) is 12.1. The molecule has 0 saturated carbocycles. The van der Waals surface area contributed by atoms with Crippen LogP contribution in [0.5, 0.6) is 0 Å². The molecule has 0 radical (unpaired) electrons. The second-order valence-corrected chi connectivity index (χ2v) is 6.14. The van der Waals surface area contributed by atoms with Crippen molar-refractivity contribution in [2.24, 2.45) is 0 Å². The van der Waals surface area contributed by atoms with E-state index in [-0.39, 0.29) is 15.7 Å². The van der Waals surface area contributed by atoms with E-state index in [4.69, 9.17) is 21.1 Å². The van der Waals surface area contributed by atoms with Crippen molar-refractivity contribution >= 4 is 21.4 Å². The molecule has 19 heavy (non-hydrogen) atoms. The minimum absolute atomic E-state index is 0.0525. The predicted molar refractivity (Wildman–Crippen MR) is 70.5 cm³/mol. The van der Waals surface area contributed by atoms with E-state index in [1.165, 1.54) is 6.07 Å². The molecule has 0 aliphatic rings. The molecular weight excluding hydrogens is 295 g/mol. The van der Waals surface area contributed by atoms with Gasteiger partial charge in [-0.15, -0.1) is 0 Å². The van der Waals surface area contributed by atoms with E-state index in [9.17, 15) is 12.8 Å². The van der Waals surface area contributed by atoms with Gasteiger partial charge in [0.15, 0.2) is 16.1 Å². The molecule has 1 aromatic carbocycles. The summed E-state index contributed by atoms with van der Waals surface area (Å²) in [5.41, 5.74) is 0. The molecular formula is C12H16ClFO4S. The maximum Gasteiger partial charge on any atom is 0.183 e. The lowest BCUT2D eigenvalue weighted by Gasteiger charge is -2.17. The molecule has 7 heteroatoms. The van der Waals surface area contributed by atoms with Crippen LogP contribution < -0.4 is 0 Å². The topological polar surface area (TPSA) is 52.6 Å². The van der Waals surface area contributed by atoms with Crippen molar-refractivity contribution in [3.63, 3.8) is 0 Å². The summed E-state index contributed by atoms with van der Waals surface area (Å²) in [6, 6.07) is 3.28. The molecule has 0 heterocycles. The second-order valence-electron chi connectivity index (χ2n) is 3.70. The lowest BCUT2D eigenvalue weighted by molar-refractivity contribution is -0.120. The van der Waals surface area contributed by atoms with Crippen molar-refractivity contribution in [2.75, 3.05) is 19.0 Å². The largest absolute Gasteiger partial charge is 0.352 e. The molecule has 0 unspecified atom stereocenters. The SMILES string of the molecule is CCOC(CS(=O)(=O)c1ccc(F)c(Cl)c1)OCC. The van der Waals surface area contributed by atoms with Crippen molar-refractivity contribution < 1.29 is 22.3 Å². The Labute approximate surface area is 117 Å². The van der Waals surface area contributed by atoms with Crippen LogP contribution in [0.1, 0.15) is 13.8 Å². The zero-order chi connectivity index (χ0) is 14.5. The summed E-state index contributed by atoms with van der Waals surface area (Å²) in [6.07, 6.45) is -0.844. The van der Waals surface area contributed by atoms with E-state index in [1.807, 2.05) is 0 Å². The number of halogens is 2. The summed E-state index contributed by atoms with van der Waals surface area (Å²) >= 11 is 5.58. The summed E-state index contributed by atoms with van der Waals surface area (Å²) in [4.78, 5) is -0.0525. The van der Waals surface area contributed by atoms with Gasteiger partial charge in [0.25, 0.3) is 0 Å². The fraction of sp³-hybridized carbons (Fsp3) is 0.500. The van der Waals surface area contributed by atoms with Crippen LogP contribution in [0.25, 0.3) is 0 Å². The lowest BCUT2D eigenvalue weighted by Crippen LogP contribution is -2.27. The Bertz CT molecular complexity index is 512. The third-order valence-electron chi connectivity index (χ3n) is 2.31. The van der Waals surface area contributed by atoms with Crippen LogP contribution in [-0.2, 0) is 19.3 Å². The Morgan fingerprint density at radius 3 is 2.32 bits per heavy atom. The lowest BCUT2D eigenvalue weighted by atomic mass is 10.3. The van der Waals surface area contributed by atoms with Crippen LogP contribution in [0.4, 0.5) is 4.39 Å². The Kier molecular flexibility index (Phi) is 6.19. The van der Waals surface area contributed by atoms with Gasteiger partial charge in [-0.25, -0.2) is 12.8 Å². The monoisotopic (exact) mass is 310 g/mol. The molecule has 1 rings (SSSR count). The smallest absolute Gasteiger partial charge is 0.183 e. The average molecular weight is 311 g/mol. The van der Waals surface area contributed by atoms with Crippen molar-refractivity contribution in [2.45, 2.75) is 25.0 Å². The highest BCUT2D eigenvalue weighted by Gasteiger charge is 2.22. The van der Waals surface area contributed by atoms with Crippen LogP contribution in [0.15, 0.2) is 23.1 Å². The third-order valence-corrected chi connectivity index (χ3v) is 4.28. The van der Waals surface area contributed by atoms with Gasteiger partial charge in [-0.1, -0.05) is 11.6 Å². The van der Waals surface area contributed by atoms with Crippen LogP contribution in [0.3, 0.4) is 0 Å². The molecule has 0 amide bonds. The van der Waals surface area contributed by atoms with Gasteiger partial charge in [0, 0.05) is 13.2 Å². The van der Waals surface area contributed by atoms with Crippen LogP contribution in [0.2, 0.25) is 5.02 Å². The van der Waals surface area contributed by atoms with Gasteiger partial charge in [-0.3, -0.25) is 0 Å². The van der Waals surface area contributed by atoms with Gasteiger partial charge >= 0.3 is 0 Å². The molecule has 0 saturated heterocycles. The first kappa shape index (κ1) is 16.4. The maximum absolute atomic E-state index is 13.0. The van der Waals surface area contributed by atoms with E-state index < -0.39 is 21.9 Å². The summed E-state index contributed by atoms with van der Waals surface area (Å²) in [6.45, 7) is 4.16. The molecule has 4 nitrogen and oxygen atoms in total. The number of benzene rings is 1. The van der Waals surface area contributed by atoms with Crippen LogP contribution in [0, 0.1) is 5.82 Å². The fourth-order valence-electron chi connectivity index (χ4n) is 1.46. The highest BCUT2D eigenvalue weighted by Crippen LogP contribution is 2.21. The predicted octanol–water partition coefficient (Wildman–Crippen LogP) is 2.65. The van der Waals surface area contributed by atoms with E-state index in [0.29, 0.717) is 13.2 Å². The molecule has 0 aliphatic carbocycles. The van der Waals surface area contributed by atoms with E-state index in [1.54, 1.807) is 13.8 Å². The first-order valence-electron chi connectivity index (χ1n) is 5.81. The number of ether oxygens (including phenoxy) is 2. The van der Waals surface area contributed by atoms with Gasteiger partial charge in [-0.2, -0.15) is 0 Å². The minimum atomic E-state index is -3.64. The molecule has 0 atom stereocenters. The molecule has 0 bridgehead atoms. The molecule has 0 fully saturated rings.